The molecule has 0 radical (unpaired) electrons. The number of ether oxygens (including phenoxy) is 1. The van der Waals surface area contributed by atoms with Crippen LogP contribution in [0.25, 0.3) is 0 Å². The molecule has 0 bridgehead atoms. The van der Waals surface area contributed by atoms with E-state index < -0.39 is 18.5 Å². The lowest BCUT2D eigenvalue weighted by Gasteiger charge is -2.31. The zero-order valence-corrected chi connectivity index (χ0v) is 24.3. The Balaban J connectivity index is 1.06. The van der Waals surface area contributed by atoms with E-state index in [1.807, 2.05) is 29.6 Å². The minimum atomic E-state index is -0.951. The zero-order chi connectivity index (χ0) is 29.8. The van der Waals surface area contributed by atoms with E-state index in [1.165, 1.54) is 23.6 Å². The molecule has 224 valence electrons. The van der Waals surface area contributed by atoms with Crippen LogP contribution in [0.1, 0.15) is 53.5 Å². The predicted molar refractivity (Wildman–Crippen MR) is 160 cm³/mol. The maximum absolute atomic E-state index is 13.5. The molecule has 2 amide bonds. The molecule has 6 rings (SSSR count). The van der Waals surface area contributed by atoms with E-state index >= 15 is 0 Å². The number of rotatable bonds is 9. The number of piperidine rings is 1. The van der Waals surface area contributed by atoms with Crippen molar-refractivity contribution in [1.82, 2.24) is 19.4 Å². The van der Waals surface area contributed by atoms with Crippen molar-refractivity contribution in [1.29, 1.82) is 0 Å². The average molecular weight is 607 g/mol. The molecule has 9 nitrogen and oxygen atoms in total. The fraction of sp³-hybridized carbons (Fsp3) is 0.355. The SMILES string of the molecule is O=C(Nc1nc([C@H]2CCCN2c2ccc(OC3CCN(C(=O)CF)CC3)cc2)cs1)c1cccn1Cc1ccnc(F)c1. The summed E-state index contributed by atoms with van der Waals surface area (Å²) in [5.41, 5.74) is 3.15. The molecule has 0 saturated carbocycles. The van der Waals surface area contributed by atoms with Crippen molar-refractivity contribution in [3.8, 4) is 5.75 Å². The molecular weight excluding hydrogens is 574 g/mol. The highest BCUT2D eigenvalue weighted by Crippen LogP contribution is 2.38. The number of pyridine rings is 1. The van der Waals surface area contributed by atoms with Crippen LogP contribution in [0.2, 0.25) is 0 Å². The molecule has 1 N–H and O–H groups in total. The summed E-state index contributed by atoms with van der Waals surface area (Å²) in [5, 5.41) is 5.45. The number of carbonyl (C=O) groups is 2. The second kappa shape index (κ2) is 12.9. The fourth-order valence-corrected chi connectivity index (χ4v) is 6.50. The standard InChI is InChI=1S/C31H32F2N6O3S/c32-18-29(40)37-15-10-24(11-16-37)42-23-7-5-22(6-8-23)39-14-2-3-26(39)25-20-43-31(35-25)36-30(41)27-4-1-13-38(27)19-21-9-12-34-28(33)17-21/h1,4-9,12-13,17,20,24,26H,2-3,10-11,14-16,18-19H2,(H,35,36,41)/t26-/m1/s1. The van der Waals surface area contributed by atoms with Crippen molar-refractivity contribution in [3.63, 3.8) is 0 Å². The number of halogens is 2. The number of likely N-dealkylation sites (tertiary alicyclic amines) is 1. The molecule has 0 unspecified atom stereocenters. The Morgan fingerprint density at radius 2 is 1.88 bits per heavy atom. The Kier molecular flexibility index (Phi) is 8.64. The maximum Gasteiger partial charge on any atom is 0.274 e. The van der Waals surface area contributed by atoms with E-state index in [9.17, 15) is 18.4 Å². The van der Waals surface area contributed by atoms with Gasteiger partial charge < -0.3 is 19.1 Å². The van der Waals surface area contributed by atoms with Gasteiger partial charge in [-0.1, -0.05) is 0 Å². The van der Waals surface area contributed by atoms with E-state index in [1.54, 1.807) is 33.9 Å². The van der Waals surface area contributed by atoms with E-state index in [0.29, 0.717) is 48.9 Å². The molecule has 43 heavy (non-hydrogen) atoms. The number of aromatic nitrogens is 3. The summed E-state index contributed by atoms with van der Waals surface area (Å²) in [6.45, 7) is 1.31. The van der Waals surface area contributed by atoms with Crippen LogP contribution >= 0.6 is 11.3 Å². The van der Waals surface area contributed by atoms with Gasteiger partial charge in [0.05, 0.1) is 11.7 Å². The van der Waals surface area contributed by atoms with Crippen LogP contribution in [0.15, 0.2) is 66.3 Å². The summed E-state index contributed by atoms with van der Waals surface area (Å²) in [7, 11) is 0. The van der Waals surface area contributed by atoms with Gasteiger partial charge in [-0.3, -0.25) is 14.9 Å². The monoisotopic (exact) mass is 606 g/mol. The average Bonchev–Trinajstić information content (AvgIpc) is 3.79. The van der Waals surface area contributed by atoms with E-state index in [0.717, 1.165) is 36.5 Å². The topological polar surface area (TPSA) is 92.6 Å². The quantitative estimate of drug-likeness (QED) is 0.255. The highest BCUT2D eigenvalue weighted by molar-refractivity contribution is 7.14. The van der Waals surface area contributed by atoms with Crippen molar-refractivity contribution in [2.24, 2.45) is 0 Å². The molecule has 3 aromatic heterocycles. The highest BCUT2D eigenvalue weighted by atomic mass is 32.1. The minimum absolute atomic E-state index is 0.000762. The van der Waals surface area contributed by atoms with Gasteiger partial charge in [-0.05, 0) is 66.9 Å². The minimum Gasteiger partial charge on any atom is -0.490 e. The number of benzene rings is 1. The van der Waals surface area contributed by atoms with Gasteiger partial charge in [0.25, 0.3) is 11.8 Å². The number of hydrogen-bond acceptors (Lipinski definition) is 7. The van der Waals surface area contributed by atoms with Crippen molar-refractivity contribution < 1.29 is 23.1 Å². The van der Waals surface area contributed by atoms with Crippen LogP contribution in [0.5, 0.6) is 5.75 Å². The summed E-state index contributed by atoms with van der Waals surface area (Å²) in [4.78, 5) is 36.9. The summed E-state index contributed by atoms with van der Waals surface area (Å²) >= 11 is 1.39. The number of carbonyl (C=O) groups excluding carboxylic acids is 2. The van der Waals surface area contributed by atoms with Gasteiger partial charge in [0.15, 0.2) is 11.8 Å². The molecule has 2 aliphatic rings. The molecule has 2 saturated heterocycles. The number of hydrogen-bond donors (Lipinski definition) is 1. The predicted octanol–water partition coefficient (Wildman–Crippen LogP) is 5.46. The molecule has 0 spiro atoms. The number of alkyl halides is 1. The summed E-state index contributed by atoms with van der Waals surface area (Å²) in [6.07, 6.45) is 6.54. The van der Waals surface area contributed by atoms with Crippen molar-refractivity contribution in [2.45, 2.75) is 44.4 Å². The normalized spacial score (nSPS) is 17.3. The lowest BCUT2D eigenvalue weighted by molar-refractivity contribution is -0.133. The van der Waals surface area contributed by atoms with Crippen molar-refractivity contribution in [3.05, 3.63) is 89.2 Å². The fourth-order valence-electron chi connectivity index (χ4n) is 5.75. The van der Waals surface area contributed by atoms with Gasteiger partial charge in [0, 0.05) is 62.5 Å². The van der Waals surface area contributed by atoms with Gasteiger partial charge in [-0.2, -0.15) is 4.39 Å². The number of amides is 2. The summed E-state index contributed by atoms with van der Waals surface area (Å²) < 4.78 is 34.1. The largest absolute Gasteiger partial charge is 0.490 e. The number of thiazole rings is 1. The Morgan fingerprint density at radius 3 is 2.65 bits per heavy atom. The third-order valence-electron chi connectivity index (χ3n) is 7.92. The maximum atomic E-state index is 13.5. The molecule has 2 aliphatic heterocycles. The van der Waals surface area contributed by atoms with Gasteiger partial charge in [0.2, 0.25) is 5.95 Å². The molecule has 2 fully saturated rings. The van der Waals surface area contributed by atoms with E-state index in [2.05, 4.69) is 15.2 Å². The smallest absolute Gasteiger partial charge is 0.274 e. The lowest BCUT2D eigenvalue weighted by Crippen LogP contribution is -2.42. The summed E-state index contributed by atoms with van der Waals surface area (Å²) in [5.74, 6) is -0.520. The van der Waals surface area contributed by atoms with Gasteiger partial charge in [-0.25, -0.2) is 14.4 Å². The van der Waals surface area contributed by atoms with E-state index in [-0.39, 0.29) is 18.1 Å². The number of anilines is 2. The summed E-state index contributed by atoms with van der Waals surface area (Å²) in [6, 6.07) is 14.7. The van der Waals surface area contributed by atoms with Crippen LogP contribution in [0.3, 0.4) is 0 Å². The van der Waals surface area contributed by atoms with Crippen LogP contribution in [0, 0.1) is 5.95 Å². The lowest BCUT2D eigenvalue weighted by atomic mass is 10.1. The van der Waals surface area contributed by atoms with Gasteiger partial charge in [0.1, 0.15) is 17.5 Å². The molecule has 5 heterocycles. The van der Waals surface area contributed by atoms with Crippen LogP contribution in [-0.2, 0) is 11.3 Å². The first kappa shape index (κ1) is 28.8. The third kappa shape index (κ3) is 6.69. The van der Waals surface area contributed by atoms with Crippen molar-refractivity contribution in [2.75, 3.05) is 36.5 Å². The van der Waals surface area contributed by atoms with Gasteiger partial charge >= 0.3 is 0 Å². The Morgan fingerprint density at radius 1 is 1.07 bits per heavy atom. The second-order valence-corrected chi connectivity index (χ2v) is 11.6. The number of nitrogens with one attached hydrogen (secondary N) is 1. The highest BCUT2D eigenvalue weighted by Gasteiger charge is 2.29. The molecule has 1 atom stereocenters. The van der Waals surface area contributed by atoms with Crippen LogP contribution in [-0.4, -0.2) is 63.7 Å². The molecule has 12 heteroatoms. The third-order valence-corrected chi connectivity index (χ3v) is 8.70. The van der Waals surface area contributed by atoms with Gasteiger partial charge in [-0.15, -0.1) is 11.3 Å². The molecular formula is C31H32F2N6O3S. The first-order valence-electron chi connectivity index (χ1n) is 14.4. The molecule has 1 aromatic carbocycles. The Hall–Kier alpha value is -4.32. The number of nitrogens with zero attached hydrogens (tertiary/aromatic N) is 5. The van der Waals surface area contributed by atoms with Crippen molar-refractivity contribution >= 4 is 34.0 Å². The molecule has 0 aliphatic carbocycles. The first-order chi connectivity index (χ1) is 21.0. The van der Waals surface area contributed by atoms with Crippen LogP contribution in [0.4, 0.5) is 19.6 Å². The Labute approximate surface area is 252 Å². The molecule has 4 aromatic rings. The van der Waals surface area contributed by atoms with Crippen LogP contribution < -0.4 is 15.0 Å². The Bertz CT molecular complexity index is 1570. The first-order valence-corrected chi connectivity index (χ1v) is 15.2. The second-order valence-electron chi connectivity index (χ2n) is 10.7. The van der Waals surface area contributed by atoms with E-state index in [4.69, 9.17) is 9.72 Å². The zero-order valence-electron chi connectivity index (χ0n) is 23.5.